The van der Waals surface area contributed by atoms with Crippen LogP contribution in [0.4, 0.5) is 11.5 Å². The molecular formula is C22H24N4O4. The molecule has 0 saturated carbocycles. The lowest BCUT2D eigenvalue weighted by atomic mass is 10.2. The summed E-state index contributed by atoms with van der Waals surface area (Å²) in [6.45, 7) is 4.25. The first-order valence-electron chi connectivity index (χ1n) is 9.56. The number of nitrogens with two attached hydrogens (primary N) is 1. The van der Waals surface area contributed by atoms with E-state index in [1.807, 2.05) is 44.2 Å². The minimum absolute atomic E-state index is 0.0478. The van der Waals surface area contributed by atoms with Crippen LogP contribution >= 0.6 is 0 Å². The molecule has 8 nitrogen and oxygen atoms in total. The first kappa shape index (κ1) is 20.9. The summed E-state index contributed by atoms with van der Waals surface area (Å²) in [5.41, 5.74) is 5.70. The van der Waals surface area contributed by atoms with E-state index in [-0.39, 0.29) is 30.5 Å². The molecule has 8 heteroatoms. The Balaban J connectivity index is 2.04. The maximum atomic E-state index is 12.9. The number of carbonyl (C=O) groups is 1. The molecule has 2 aromatic heterocycles. The van der Waals surface area contributed by atoms with Crippen molar-refractivity contribution in [3.05, 3.63) is 87.0 Å². The molecule has 0 aliphatic heterocycles. The van der Waals surface area contributed by atoms with Gasteiger partial charge in [0.1, 0.15) is 11.6 Å². The molecule has 30 heavy (non-hydrogen) atoms. The molecule has 0 fully saturated rings. The normalized spacial score (nSPS) is 11.3. The van der Waals surface area contributed by atoms with Crippen molar-refractivity contribution in [2.45, 2.75) is 20.4 Å². The number of furan rings is 1. The van der Waals surface area contributed by atoms with Crippen molar-refractivity contribution in [2.75, 3.05) is 17.2 Å². The third kappa shape index (κ3) is 4.78. The van der Waals surface area contributed by atoms with E-state index in [1.54, 1.807) is 12.1 Å². The SMILES string of the molecule is CC(C)CN(C(=O)/C=C/c1ccco1)c1c(N)n(Cc2ccccc2)c(=O)[nH]c1=O. The van der Waals surface area contributed by atoms with E-state index in [0.29, 0.717) is 5.76 Å². The Labute approximate surface area is 173 Å². The fraction of sp³-hybridized carbons (Fsp3) is 0.227. The number of anilines is 2. The highest BCUT2D eigenvalue weighted by Crippen LogP contribution is 2.20. The van der Waals surface area contributed by atoms with Crippen molar-refractivity contribution in [1.29, 1.82) is 0 Å². The van der Waals surface area contributed by atoms with Crippen molar-refractivity contribution in [2.24, 2.45) is 5.92 Å². The molecule has 0 aliphatic rings. The van der Waals surface area contributed by atoms with Crippen LogP contribution in [-0.4, -0.2) is 22.0 Å². The lowest BCUT2D eigenvalue weighted by molar-refractivity contribution is -0.114. The first-order chi connectivity index (χ1) is 14.4. The van der Waals surface area contributed by atoms with E-state index in [2.05, 4.69) is 4.98 Å². The second-order valence-corrected chi connectivity index (χ2v) is 7.26. The first-order valence-corrected chi connectivity index (χ1v) is 9.56. The van der Waals surface area contributed by atoms with Crippen LogP contribution in [0.25, 0.3) is 6.08 Å². The molecular weight excluding hydrogens is 384 g/mol. The highest BCUT2D eigenvalue weighted by Gasteiger charge is 2.23. The van der Waals surface area contributed by atoms with Gasteiger partial charge in [0.15, 0.2) is 5.69 Å². The predicted molar refractivity (Wildman–Crippen MR) is 116 cm³/mol. The van der Waals surface area contributed by atoms with Gasteiger partial charge in [-0.2, -0.15) is 0 Å². The zero-order valence-corrected chi connectivity index (χ0v) is 16.9. The maximum Gasteiger partial charge on any atom is 0.330 e. The molecule has 156 valence electrons. The van der Waals surface area contributed by atoms with Gasteiger partial charge in [0.2, 0.25) is 0 Å². The van der Waals surface area contributed by atoms with Crippen LogP contribution in [0.15, 0.2) is 68.8 Å². The van der Waals surface area contributed by atoms with Gasteiger partial charge in [0, 0.05) is 12.6 Å². The molecule has 3 aromatic rings. The molecule has 2 heterocycles. The molecule has 0 aliphatic carbocycles. The van der Waals surface area contributed by atoms with Gasteiger partial charge in [-0.15, -0.1) is 0 Å². The summed E-state index contributed by atoms with van der Waals surface area (Å²) >= 11 is 0. The summed E-state index contributed by atoms with van der Waals surface area (Å²) in [6, 6.07) is 12.7. The van der Waals surface area contributed by atoms with E-state index in [1.165, 1.54) is 27.9 Å². The number of H-pyrrole nitrogens is 1. The van der Waals surface area contributed by atoms with E-state index >= 15 is 0 Å². The number of aromatic amines is 1. The summed E-state index contributed by atoms with van der Waals surface area (Å²) in [5, 5.41) is 0. The van der Waals surface area contributed by atoms with E-state index in [4.69, 9.17) is 10.2 Å². The lowest BCUT2D eigenvalue weighted by Gasteiger charge is -2.25. The Morgan fingerprint density at radius 3 is 2.57 bits per heavy atom. The average molecular weight is 408 g/mol. The van der Waals surface area contributed by atoms with Crippen LogP contribution in [0.5, 0.6) is 0 Å². The standard InChI is InChI=1S/C22H24N4O4/c1-15(2)13-25(18(27)11-10-17-9-6-12-30-17)19-20(23)26(22(29)24-21(19)28)14-16-7-4-3-5-8-16/h3-12,15H,13-14,23H2,1-2H3,(H,24,28,29)/b11-10+. The number of nitrogens with one attached hydrogen (secondary N) is 1. The lowest BCUT2D eigenvalue weighted by Crippen LogP contribution is -2.42. The van der Waals surface area contributed by atoms with Crippen molar-refractivity contribution in [1.82, 2.24) is 9.55 Å². The van der Waals surface area contributed by atoms with Crippen LogP contribution in [0.2, 0.25) is 0 Å². The molecule has 0 radical (unpaired) electrons. The smallest absolute Gasteiger partial charge is 0.330 e. The number of amides is 1. The van der Waals surface area contributed by atoms with E-state index in [9.17, 15) is 14.4 Å². The number of hydrogen-bond donors (Lipinski definition) is 2. The van der Waals surface area contributed by atoms with Crippen LogP contribution < -0.4 is 21.9 Å². The Kier molecular flexibility index (Phi) is 6.36. The fourth-order valence-electron chi connectivity index (χ4n) is 3.05. The molecule has 0 saturated heterocycles. The van der Waals surface area contributed by atoms with Gasteiger partial charge in [-0.1, -0.05) is 44.2 Å². The van der Waals surface area contributed by atoms with E-state index in [0.717, 1.165) is 5.56 Å². The summed E-state index contributed by atoms with van der Waals surface area (Å²) in [5.74, 6) is 0.0539. The molecule has 0 spiro atoms. The number of nitrogens with zero attached hydrogens (tertiary/aromatic N) is 2. The van der Waals surface area contributed by atoms with Gasteiger partial charge in [0.25, 0.3) is 11.5 Å². The largest absolute Gasteiger partial charge is 0.465 e. The molecule has 0 unspecified atom stereocenters. The van der Waals surface area contributed by atoms with Crippen LogP contribution in [-0.2, 0) is 11.3 Å². The summed E-state index contributed by atoms with van der Waals surface area (Å²) in [6.07, 6.45) is 4.32. The Hall–Kier alpha value is -3.81. The van der Waals surface area contributed by atoms with Crippen molar-refractivity contribution in [3.8, 4) is 0 Å². The Morgan fingerprint density at radius 2 is 1.93 bits per heavy atom. The Bertz CT molecular complexity index is 1140. The number of aromatic nitrogens is 2. The number of carbonyl (C=O) groups excluding carboxylic acids is 1. The number of nitrogen functional groups attached to an aromatic ring is 1. The highest BCUT2D eigenvalue weighted by molar-refractivity contribution is 6.04. The zero-order chi connectivity index (χ0) is 21.7. The van der Waals surface area contributed by atoms with Crippen molar-refractivity contribution < 1.29 is 9.21 Å². The maximum absolute atomic E-state index is 12.9. The molecule has 1 amide bonds. The van der Waals surface area contributed by atoms with Gasteiger partial charge in [-0.25, -0.2) is 4.79 Å². The topological polar surface area (TPSA) is 114 Å². The second kappa shape index (κ2) is 9.13. The van der Waals surface area contributed by atoms with Gasteiger partial charge in [-0.05, 0) is 29.7 Å². The third-order valence-electron chi connectivity index (χ3n) is 4.41. The molecule has 0 atom stereocenters. The van der Waals surface area contributed by atoms with Gasteiger partial charge >= 0.3 is 5.69 Å². The average Bonchev–Trinajstić information content (AvgIpc) is 3.22. The van der Waals surface area contributed by atoms with Gasteiger partial charge < -0.3 is 15.1 Å². The third-order valence-corrected chi connectivity index (χ3v) is 4.41. The fourth-order valence-corrected chi connectivity index (χ4v) is 3.05. The summed E-state index contributed by atoms with van der Waals surface area (Å²) < 4.78 is 6.46. The highest BCUT2D eigenvalue weighted by atomic mass is 16.3. The van der Waals surface area contributed by atoms with Crippen LogP contribution in [0.3, 0.4) is 0 Å². The molecule has 1 aromatic carbocycles. The monoisotopic (exact) mass is 408 g/mol. The molecule has 3 rings (SSSR count). The predicted octanol–water partition coefficient (Wildman–Crippen LogP) is 2.46. The summed E-state index contributed by atoms with van der Waals surface area (Å²) in [4.78, 5) is 41.6. The van der Waals surface area contributed by atoms with Gasteiger partial charge in [-0.3, -0.25) is 19.1 Å². The minimum atomic E-state index is -0.706. The number of hydrogen-bond acceptors (Lipinski definition) is 5. The zero-order valence-electron chi connectivity index (χ0n) is 16.9. The van der Waals surface area contributed by atoms with Crippen molar-refractivity contribution >= 4 is 23.5 Å². The second-order valence-electron chi connectivity index (χ2n) is 7.26. The van der Waals surface area contributed by atoms with Crippen LogP contribution in [0.1, 0.15) is 25.2 Å². The van der Waals surface area contributed by atoms with E-state index < -0.39 is 17.2 Å². The molecule has 3 N–H and O–H groups in total. The molecule has 0 bridgehead atoms. The Morgan fingerprint density at radius 1 is 1.20 bits per heavy atom. The minimum Gasteiger partial charge on any atom is -0.465 e. The number of rotatable bonds is 7. The summed E-state index contributed by atoms with van der Waals surface area (Å²) in [7, 11) is 0. The number of benzene rings is 1. The van der Waals surface area contributed by atoms with Gasteiger partial charge in [0.05, 0.1) is 12.8 Å². The quantitative estimate of drug-likeness (QED) is 0.583. The van der Waals surface area contributed by atoms with Crippen LogP contribution in [0, 0.1) is 5.92 Å². The van der Waals surface area contributed by atoms with Crippen molar-refractivity contribution in [3.63, 3.8) is 0 Å².